The number of nitrogens with two attached hydrogens (primary N) is 1. The van der Waals surface area contributed by atoms with E-state index >= 15 is 0 Å². The summed E-state index contributed by atoms with van der Waals surface area (Å²) in [5.74, 6) is 0. The minimum Gasteiger partial charge on any atom is -0.258 e. The predicted octanol–water partition coefficient (Wildman–Crippen LogP) is 1.55. The first-order chi connectivity index (χ1) is 6.75. The molecule has 0 fully saturated rings. The van der Waals surface area contributed by atoms with Crippen molar-refractivity contribution in [3.8, 4) is 0 Å². The van der Waals surface area contributed by atoms with Crippen LogP contribution in [0.3, 0.4) is 0 Å². The van der Waals surface area contributed by atoms with Crippen LogP contribution >= 0.6 is 23.2 Å². The summed E-state index contributed by atoms with van der Waals surface area (Å²) < 4.78 is 22.1. The normalized spacial score (nSPS) is 11.4. The van der Waals surface area contributed by atoms with Crippen LogP contribution in [-0.2, 0) is 10.0 Å². The van der Waals surface area contributed by atoms with E-state index in [4.69, 9.17) is 28.3 Å². The first-order valence-electron chi connectivity index (χ1n) is 3.40. The quantitative estimate of drug-likeness (QED) is 0.650. The van der Waals surface area contributed by atoms with E-state index in [9.17, 15) is 18.5 Å². The lowest BCUT2D eigenvalue weighted by molar-refractivity contribution is -0.387. The Labute approximate surface area is 94.8 Å². The lowest BCUT2D eigenvalue weighted by Gasteiger charge is -2.03. The van der Waals surface area contributed by atoms with Crippen LogP contribution in [-0.4, -0.2) is 13.3 Å². The minimum atomic E-state index is -4.29. The van der Waals surface area contributed by atoms with Gasteiger partial charge in [-0.25, -0.2) is 13.6 Å². The molecule has 0 spiro atoms. The summed E-state index contributed by atoms with van der Waals surface area (Å²) >= 11 is 11.1. The van der Waals surface area contributed by atoms with Gasteiger partial charge in [-0.05, 0) is 6.07 Å². The van der Waals surface area contributed by atoms with Crippen LogP contribution in [0.5, 0.6) is 0 Å². The molecule has 82 valence electrons. The molecule has 1 aromatic carbocycles. The average molecular weight is 271 g/mol. The molecule has 0 aromatic heterocycles. The number of halogens is 2. The van der Waals surface area contributed by atoms with Crippen molar-refractivity contribution in [3.05, 3.63) is 32.3 Å². The van der Waals surface area contributed by atoms with Crippen molar-refractivity contribution in [2.45, 2.75) is 4.90 Å². The van der Waals surface area contributed by atoms with E-state index in [0.29, 0.717) is 0 Å². The Kier molecular flexibility index (Phi) is 3.19. The Hall–Kier alpha value is -0.890. The molecule has 0 saturated carbocycles. The van der Waals surface area contributed by atoms with E-state index in [2.05, 4.69) is 0 Å². The van der Waals surface area contributed by atoms with Gasteiger partial charge in [0.15, 0.2) is 4.90 Å². The summed E-state index contributed by atoms with van der Waals surface area (Å²) in [4.78, 5) is 8.84. The zero-order valence-corrected chi connectivity index (χ0v) is 9.30. The molecule has 2 N–H and O–H groups in total. The third-order valence-corrected chi connectivity index (χ3v) is 3.41. The Bertz CT molecular complexity index is 528. The van der Waals surface area contributed by atoms with Gasteiger partial charge < -0.3 is 0 Å². The Morgan fingerprint density at radius 3 is 2.27 bits per heavy atom. The molecule has 0 saturated heterocycles. The summed E-state index contributed by atoms with van der Waals surface area (Å²) in [5, 5.41) is 14.7. The van der Waals surface area contributed by atoms with Crippen LogP contribution in [0, 0.1) is 10.1 Å². The Morgan fingerprint density at radius 2 is 1.87 bits per heavy atom. The van der Waals surface area contributed by atoms with Crippen molar-refractivity contribution in [3.63, 3.8) is 0 Å². The van der Waals surface area contributed by atoms with Gasteiger partial charge in [0.1, 0.15) is 0 Å². The standard InChI is InChI=1S/C6H4Cl2N2O4S/c7-3-1-2-4(10(11)12)6(5(3)8)15(9,13)14/h1-2H,(H2,9,13,14). The number of sulfonamides is 1. The van der Waals surface area contributed by atoms with E-state index < -0.39 is 30.6 Å². The summed E-state index contributed by atoms with van der Waals surface area (Å²) in [7, 11) is -4.29. The van der Waals surface area contributed by atoms with Crippen molar-refractivity contribution >= 4 is 38.9 Å². The minimum absolute atomic E-state index is 0.119. The molecule has 9 heteroatoms. The maximum atomic E-state index is 11.1. The molecule has 0 unspecified atom stereocenters. The number of hydrogen-bond acceptors (Lipinski definition) is 4. The van der Waals surface area contributed by atoms with Crippen LogP contribution in [0.4, 0.5) is 5.69 Å². The number of primary sulfonamides is 1. The molecule has 0 amide bonds. The van der Waals surface area contributed by atoms with Crippen molar-refractivity contribution in [1.82, 2.24) is 0 Å². The Morgan fingerprint density at radius 1 is 1.33 bits per heavy atom. The van der Waals surface area contributed by atoms with Gasteiger partial charge in [-0.3, -0.25) is 10.1 Å². The van der Waals surface area contributed by atoms with Crippen LogP contribution in [0.1, 0.15) is 0 Å². The van der Waals surface area contributed by atoms with Gasteiger partial charge in [0, 0.05) is 6.07 Å². The lowest BCUT2D eigenvalue weighted by atomic mass is 10.3. The van der Waals surface area contributed by atoms with Crippen molar-refractivity contribution in [2.75, 3.05) is 0 Å². The van der Waals surface area contributed by atoms with Gasteiger partial charge in [-0.2, -0.15) is 0 Å². The van der Waals surface area contributed by atoms with Crippen molar-refractivity contribution < 1.29 is 13.3 Å². The van der Waals surface area contributed by atoms with Gasteiger partial charge in [0.2, 0.25) is 10.0 Å². The van der Waals surface area contributed by atoms with E-state index in [1.807, 2.05) is 0 Å². The number of benzene rings is 1. The second-order valence-electron chi connectivity index (χ2n) is 2.51. The number of nitro groups is 1. The fourth-order valence-electron chi connectivity index (χ4n) is 0.936. The molecule has 1 rings (SSSR count). The highest BCUT2D eigenvalue weighted by Gasteiger charge is 2.27. The number of hydrogen-bond donors (Lipinski definition) is 1. The summed E-state index contributed by atoms with van der Waals surface area (Å²) in [6, 6.07) is 2.05. The zero-order valence-electron chi connectivity index (χ0n) is 6.98. The maximum Gasteiger partial charge on any atom is 0.291 e. The molecule has 0 heterocycles. The molecule has 0 radical (unpaired) electrons. The van der Waals surface area contributed by atoms with Gasteiger partial charge >= 0.3 is 0 Å². The Balaban J connectivity index is 3.72. The SMILES string of the molecule is NS(=O)(=O)c1c([N+](=O)[O-])ccc(Cl)c1Cl. The van der Waals surface area contributed by atoms with Crippen molar-refractivity contribution in [2.24, 2.45) is 5.14 Å². The smallest absolute Gasteiger partial charge is 0.258 e. The highest BCUT2D eigenvalue weighted by atomic mass is 35.5. The van der Waals surface area contributed by atoms with Crippen LogP contribution in [0.25, 0.3) is 0 Å². The molecule has 0 atom stereocenters. The first kappa shape index (κ1) is 12.2. The maximum absolute atomic E-state index is 11.1. The summed E-state index contributed by atoms with van der Waals surface area (Å²) in [6.07, 6.45) is 0. The van der Waals surface area contributed by atoms with Crippen LogP contribution < -0.4 is 5.14 Å². The van der Waals surface area contributed by atoms with Crippen LogP contribution in [0.15, 0.2) is 17.0 Å². The number of nitrogens with zero attached hydrogens (tertiary/aromatic N) is 1. The van der Waals surface area contributed by atoms with Gasteiger partial charge in [-0.15, -0.1) is 0 Å². The molecular weight excluding hydrogens is 267 g/mol. The van der Waals surface area contributed by atoms with Crippen molar-refractivity contribution in [1.29, 1.82) is 0 Å². The summed E-state index contributed by atoms with van der Waals surface area (Å²) in [5.41, 5.74) is -0.702. The van der Waals surface area contributed by atoms with Crippen LogP contribution in [0.2, 0.25) is 10.0 Å². The fraction of sp³-hybridized carbons (Fsp3) is 0. The molecule has 6 nitrogen and oxygen atoms in total. The topological polar surface area (TPSA) is 103 Å². The number of nitro benzene ring substituents is 1. The molecule has 15 heavy (non-hydrogen) atoms. The molecule has 1 aromatic rings. The number of rotatable bonds is 2. The largest absolute Gasteiger partial charge is 0.291 e. The van der Waals surface area contributed by atoms with E-state index in [1.165, 1.54) is 0 Å². The first-order valence-corrected chi connectivity index (χ1v) is 5.70. The second kappa shape index (κ2) is 3.93. The average Bonchev–Trinajstić information content (AvgIpc) is 2.06. The van der Waals surface area contributed by atoms with E-state index in [-0.39, 0.29) is 5.02 Å². The zero-order chi connectivity index (χ0) is 11.8. The van der Waals surface area contributed by atoms with E-state index in [0.717, 1.165) is 12.1 Å². The molecule has 0 aliphatic carbocycles. The highest BCUT2D eigenvalue weighted by molar-refractivity contribution is 7.89. The third-order valence-electron chi connectivity index (χ3n) is 1.51. The molecule has 0 aliphatic heterocycles. The lowest BCUT2D eigenvalue weighted by Crippen LogP contribution is -2.15. The molecule has 0 bridgehead atoms. The third kappa shape index (κ3) is 2.37. The second-order valence-corrected chi connectivity index (χ2v) is 4.80. The van der Waals surface area contributed by atoms with Gasteiger partial charge in [0.05, 0.1) is 15.0 Å². The highest BCUT2D eigenvalue weighted by Crippen LogP contribution is 2.35. The monoisotopic (exact) mass is 270 g/mol. The summed E-state index contributed by atoms with van der Waals surface area (Å²) in [6.45, 7) is 0. The molecule has 0 aliphatic rings. The fourth-order valence-corrected chi connectivity index (χ4v) is 2.43. The van der Waals surface area contributed by atoms with E-state index in [1.54, 1.807) is 0 Å². The van der Waals surface area contributed by atoms with Gasteiger partial charge in [0.25, 0.3) is 5.69 Å². The molecular formula is C6H4Cl2N2O4S. The predicted molar refractivity (Wildman–Crippen MR) is 54.5 cm³/mol. The van der Waals surface area contributed by atoms with Gasteiger partial charge in [-0.1, -0.05) is 23.2 Å².